The zero-order valence-corrected chi connectivity index (χ0v) is 26.9. The molecule has 0 unspecified atom stereocenters. The number of rotatable bonds is 4. The molecule has 0 saturated carbocycles. The molecule has 0 aliphatic rings. The first kappa shape index (κ1) is 19.4. The van der Waals surface area contributed by atoms with E-state index in [1.807, 2.05) is 66.7 Å². The topological polar surface area (TPSA) is 52.1 Å². The standard InChI is InChI=1S/C48H28N2O2/c1-2-8-30-23-31(16-15-29(30)7-1)32-17-18-34-25-35(20-19-33(34)24-32)36-21-22-44-42(27-36)46-48(52-44)45(49-28-50-46)38-10-5-9-37(26-38)39-12-6-13-41-40-11-3-4-14-43(40)51-47(39)41/h1-28H/i1D,2D,7D,8D,15D,16D,17D,18D,19D,23D,24D,25D. The van der Waals surface area contributed by atoms with E-state index < -0.39 is 71.6 Å². The minimum absolute atomic E-state index is 0.173. The third-order valence-electron chi connectivity index (χ3n) is 9.35. The van der Waals surface area contributed by atoms with Crippen molar-refractivity contribution in [3.05, 3.63) is 170 Å². The minimum Gasteiger partial charge on any atom is -0.455 e. The maximum atomic E-state index is 9.34. The predicted molar refractivity (Wildman–Crippen MR) is 213 cm³/mol. The van der Waals surface area contributed by atoms with Crippen LogP contribution in [0.1, 0.15) is 16.4 Å². The Morgan fingerprint density at radius 1 is 0.442 bits per heavy atom. The Labute approximate surface area is 315 Å². The van der Waals surface area contributed by atoms with Crippen LogP contribution >= 0.6 is 0 Å². The molecular formula is C48H28N2O2. The molecule has 0 amide bonds. The van der Waals surface area contributed by atoms with Crippen LogP contribution in [0.3, 0.4) is 0 Å². The molecule has 11 rings (SSSR count). The first-order chi connectivity index (χ1) is 30.8. The fraction of sp³-hybridized carbons (Fsp3) is 0. The van der Waals surface area contributed by atoms with Gasteiger partial charge in [0.15, 0.2) is 5.58 Å². The molecule has 0 aliphatic carbocycles. The second-order valence-corrected chi connectivity index (χ2v) is 12.4. The summed E-state index contributed by atoms with van der Waals surface area (Å²) < 4.78 is 118. The van der Waals surface area contributed by atoms with Crippen LogP contribution in [0.4, 0.5) is 0 Å². The van der Waals surface area contributed by atoms with Crippen LogP contribution in [0, 0.1) is 0 Å². The van der Waals surface area contributed by atoms with Crippen LogP contribution in [-0.4, -0.2) is 9.97 Å². The normalized spacial score (nSPS) is 15.1. The molecule has 3 aromatic heterocycles. The summed E-state index contributed by atoms with van der Waals surface area (Å²) in [6.07, 6.45) is 1.45. The van der Waals surface area contributed by atoms with Crippen molar-refractivity contribution in [3.8, 4) is 44.6 Å². The molecule has 11 aromatic rings. The summed E-state index contributed by atoms with van der Waals surface area (Å²) >= 11 is 0. The lowest BCUT2D eigenvalue weighted by molar-refractivity contribution is 0.667. The van der Waals surface area contributed by atoms with Gasteiger partial charge in [0.1, 0.15) is 34.3 Å². The Morgan fingerprint density at radius 3 is 2.08 bits per heavy atom. The SMILES string of the molecule is [2H]c1c(-c2c([2H])c([2H])c3c([2H])c([2H])c([2H])c([2H])c3c2[2H])c([2H])c2c([2H])cc(-c3ccc4oc5c(-c6cccc(-c7cccc8c7oc7ccccc78)c6)ncnc5c4c3)c([2H])c2c1[2H]. The van der Waals surface area contributed by atoms with Crippen molar-refractivity contribution in [3.63, 3.8) is 0 Å². The Kier molecular flexibility index (Phi) is 4.19. The summed E-state index contributed by atoms with van der Waals surface area (Å²) in [5, 5.41) is 1.58. The van der Waals surface area contributed by atoms with Crippen molar-refractivity contribution < 1.29 is 25.3 Å². The molecule has 52 heavy (non-hydrogen) atoms. The van der Waals surface area contributed by atoms with Gasteiger partial charge in [-0.25, -0.2) is 9.97 Å². The lowest BCUT2D eigenvalue weighted by Crippen LogP contribution is -1.88. The first-order valence-corrected chi connectivity index (χ1v) is 16.5. The molecule has 0 radical (unpaired) electrons. The van der Waals surface area contributed by atoms with E-state index in [1.54, 1.807) is 18.2 Å². The molecule has 4 heteroatoms. The van der Waals surface area contributed by atoms with Gasteiger partial charge in [-0.15, -0.1) is 0 Å². The van der Waals surface area contributed by atoms with Crippen LogP contribution in [0.15, 0.2) is 179 Å². The number of aromatic nitrogens is 2. The summed E-state index contributed by atoms with van der Waals surface area (Å²) in [4.78, 5) is 9.23. The number of benzene rings is 8. The highest BCUT2D eigenvalue weighted by Crippen LogP contribution is 2.40. The van der Waals surface area contributed by atoms with Crippen molar-refractivity contribution in [2.24, 2.45) is 0 Å². The van der Waals surface area contributed by atoms with Gasteiger partial charge in [-0.2, -0.15) is 0 Å². The monoisotopic (exact) mass is 676 g/mol. The van der Waals surface area contributed by atoms with E-state index in [-0.39, 0.29) is 39.2 Å². The molecule has 8 aromatic carbocycles. The average molecular weight is 677 g/mol. The Bertz CT molecular complexity index is 3900. The van der Waals surface area contributed by atoms with Crippen molar-refractivity contribution >= 4 is 65.6 Å². The highest BCUT2D eigenvalue weighted by molar-refractivity contribution is 6.10. The average Bonchev–Trinajstić information content (AvgIpc) is 3.88. The van der Waals surface area contributed by atoms with Gasteiger partial charge < -0.3 is 8.83 Å². The quantitative estimate of drug-likeness (QED) is 0.186. The highest BCUT2D eigenvalue weighted by atomic mass is 16.3. The van der Waals surface area contributed by atoms with E-state index in [9.17, 15) is 2.74 Å². The fourth-order valence-corrected chi connectivity index (χ4v) is 6.87. The number of fused-ring (bicyclic) bond motifs is 8. The summed E-state index contributed by atoms with van der Waals surface area (Å²) in [6, 6.07) is 21.8. The van der Waals surface area contributed by atoms with Crippen LogP contribution < -0.4 is 0 Å². The van der Waals surface area contributed by atoms with E-state index in [0.29, 0.717) is 33.3 Å². The fourth-order valence-electron chi connectivity index (χ4n) is 6.87. The summed E-state index contributed by atoms with van der Waals surface area (Å²) in [5.74, 6) is 0. The second kappa shape index (κ2) is 11.2. The van der Waals surface area contributed by atoms with E-state index in [4.69, 9.17) is 22.5 Å². The van der Waals surface area contributed by atoms with Gasteiger partial charge in [-0.1, -0.05) is 121 Å². The smallest absolute Gasteiger partial charge is 0.180 e. The molecule has 0 bridgehead atoms. The van der Waals surface area contributed by atoms with Gasteiger partial charge in [0.05, 0.1) is 16.4 Å². The molecule has 3 heterocycles. The maximum Gasteiger partial charge on any atom is 0.180 e. The molecule has 0 spiro atoms. The number of nitrogens with zero attached hydrogens (tertiary/aromatic N) is 2. The first-order valence-electron chi connectivity index (χ1n) is 22.5. The number of hydrogen-bond acceptors (Lipinski definition) is 4. The van der Waals surface area contributed by atoms with Crippen LogP contribution in [0.25, 0.3) is 110 Å². The molecule has 0 N–H and O–H groups in total. The van der Waals surface area contributed by atoms with Gasteiger partial charge in [0.2, 0.25) is 0 Å². The van der Waals surface area contributed by atoms with E-state index in [2.05, 4.69) is 9.97 Å². The third kappa shape index (κ3) is 4.55. The van der Waals surface area contributed by atoms with Crippen molar-refractivity contribution in [1.82, 2.24) is 9.97 Å². The van der Waals surface area contributed by atoms with E-state index in [1.165, 1.54) is 12.4 Å². The van der Waals surface area contributed by atoms with E-state index in [0.717, 1.165) is 38.6 Å². The number of furan rings is 2. The van der Waals surface area contributed by atoms with Crippen molar-refractivity contribution in [1.29, 1.82) is 0 Å². The van der Waals surface area contributed by atoms with E-state index >= 15 is 0 Å². The Morgan fingerprint density at radius 2 is 1.15 bits per heavy atom. The number of para-hydroxylation sites is 2. The lowest BCUT2D eigenvalue weighted by atomic mass is 9.96. The Balaban J connectivity index is 1.04. The molecule has 0 atom stereocenters. The van der Waals surface area contributed by atoms with Crippen molar-refractivity contribution in [2.75, 3.05) is 0 Å². The number of hydrogen-bond donors (Lipinski definition) is 0. The van der Waals surface area contributed by atoms with Gasteiger partial charge in [-0.05, 0) is 91.8 Å². The van der Waals surface area contributed by atoms with Gasteiger partial charge in [-0.3, -0.25) is 0 Å². The lowest BCUT2D eigenvalue weighted by Gasteiger charge is -2.08. The second-order valence-electron chi connectivity index (χ2n) is 12.4. The predicted octanol–water partition coefficient (Wildman–Crippen LogP) is 13.2. The molecular weight excluding hydrogens is 637 g/mol. The molecule has 242 valence electrons. The van der Waals surface area contributed by atoms with Gasteiger partial charge >= 0.3 is 0 Å². The Hall–Kier alpha value is -7.04. The highest BCUT2D eigenvalue weighted by Gasteiger charge is 2.18. The summed E-state index contributed by atoms with van der Waals surface area (Å²) in [5.41, 5.74) is 6.00. The minimum atomic E-state index is -0.668. The van der Waals surface area contributed by atoms with Gasteiger partial charge in [0, 0.05) is 27.3 Å². The largest absolute Gasteiger partial charge is 0.455 e. The molecule has 4 nitrogen and oxygen atoms in total. The van der Waals surface area contributed by atoms with Crippen LogP contribution in [0.5, 0.6) is 0 Å². The molecule has 0 aliphatic heterocycles. The van der Waals surface area contributed by atoms with Crippen LogP contribution in [-0.2, 0) is 0 Å². The summed E-state index contributed by atoms with van der Waals surface area (Å²) in [6.45, 7) is 0. The molecule has 0 fully saturated rings. The summed E-state index contributed by atoms with van der Waals surface area (Å²) in [7, 11) is 0. The van der Waals surface area contributed by atoms with Crippen LogP contribution in [0.2, 0.25) is 0 Å². The third-order valence-corrected chi connectivity index (χ3v) is 9.35. The zero-order chi connectivity index (χ0) is 44.6. The maximum absolute atomic E-state index is 9.34. The van der Waals surface area contributed by atoms with Gasteiger partial charge in [0.25, 0.3) is 0 Å². The molecule has 0 saturated heterocycles. The van der Waals surface area contributed by atoms with Crippen molar-refractivity contribution in [2.45, 2.75) is 0 Å². The zero-order valence-electron chi connectivity index (χ0n) is 38.9.